The summed E-state index contributed by atoms with van der Waals surface area (Å²) in [5.74, 6) is 0. The van der Waals surface area contributed by atoms with Crippen LogP contribution in [0.15, 0.2) is 188 Å². The van der Waals surface area contributed by atoms with Gasteiger partial charge in [0.1, 0.15) is 0 Å². The topological polar surface area (TPSA) is 4.93 Å². The maximum absolute atomic E-state index is 2.40. The largest absolute Gasteiger partial charge is 0.309 e. The first-order valence-electron chi connectivity index (χ1n) is 16.9. The molecule has 0 bridgehead atoms. The maximum Gasteiger partial charge on any atom is 0.0541 e. The number of hydrogen-bond acceptors (Lipinski definition) is 0. The molecule has 0 amide bonds. The minimum Gasteiger partial charge on any atom is -0.309 e. The molecule has 1 aromatic heterocycles. The van der Waals surface area contributed by atoms with Gasteiger partial charge in [-0.15, -0.1) is 0 Å². The zero-order chi connectivity index (χ0) is 32.3. The lowest BCUT2D eigenvalue weighted by Gasteiger charge is -2.19. The van der Waals surface area contributed by atoms with E-state index in [4.69, 9.17) is 0 Å². The van der Waals surface area contributed by atoms with E-state index in [2.05, 4.69) is 193 Å². The van der Waals surface area contributed by atoms with Crippen LogP contribution in [0, 0.1) is 0 Å². The van der Waals surface area contributed by atoms with Gasteiger partial charge in [-0.2, -0.15) is 0 Å². The van der Waals surface area contributed by atoms with Gasteiger partial charge in [-0.3, -0.25) is 0 Å². The van der Waals surface area contributed by atoms with Gasteiger partial charge in [0, 0.05) is 16.5 Å². The van der Waals surface area contributed by atoms with Crippen molar-refractivity contribution in [1.82, 2.24) is 4.57 Å². The van der Waals surface area contributed by atoms with Crippen molar-refractivity contribution < 1.29 is 0 Å². The van der Waals surface area contributed by atoms with Crippen molar-refractivity contribution in [2.45, 2.75) is 0 Å². The molecule has 0 N–H and O–H groups in total. The molecule has 0 aliphatic heterocycles. The van der Waals surface area contributed by atoms with Crippen molar-refractivity contribution in [2.24, 2.45) is 0 Å². The summed E-state index contributed by atoms with van der Waals surface area (Å²) in [6.07, 6.45) is 0. The Morgan fingerprint density at radius 3 is 1.51 bits per heavy atom. The molecule has 0 fully saturated rings. The fourth-order valence-corrected chi connectivity index (χ4v) is 8.01. The van der Waals surface area contributed by atoms with Crippen molar-refractivity contribution in [1.29, 1.82) is 0 Å². The minimum atomic E-state index is 1.18. The van der Waals surface area contributed by atoms with E-state index in [1.165, 1.54) is 93.2 Å². The molecular formula is C48H31N. The van der Waals surface area contributed by atoms with Crippen LogP contribution in [0.4, 0.5) is 0 Å². The van der Waals surface area contributed by atoms with E-state index < -0.39 is 0 Å². The highest BCUT2D eigenvalue weighted by Gasteiger charge is 2.18. The number of para-hydroxylation sites is 2. The van der Waals surface area contributed by atoms with E-state index in [9.17, 15) is 0 Å². The van der Waals surface area contributed by atoms with E-state index in [1.54, 1.807) is 0 Å². The predicted molar refractivity (Wildman–Crippen MR) is 210 cm³/mol. The zero-order valence-corrected chi connectivity index (χ0v) is 26.8. The Kier molecular flexibility index (Phi) is 6.25. The zero-order valence-electron chi connectivity index (χ0n) is 26.8. The van der Waals surface area contributed by atoms with Gasteiger partial charge in [0.2, 0.25) is 0 Å². The van der Waals surface area contributed by atoms with Crippen LogP contribution in [0.2, 0.25) is 0 Å². The Morgan fingerprint density at radius 2 is 0.816 bits per heavy atom. The molecule has 0 saturated heterocycles. The van der Waals surface area contributed by atoms with Gasteiger partial charge >= 0.3 is 0 Å². The third kappa shape index (κ3) is 4.33. The Hall–Kier alpha value is -6.44. The number of hydrogen-bond donors (Lipinski definition) is 0. The Balaban J connectivity index is 1.22. The molecule has 1 heterocycles. The first kappa shape index (κ1) is 27.7. The lowest BCUT2D eigenvalue weighted by Crippen LogP contribution is -1.93. The van der Waals surface area contributed by atoms with Crippen LogP contribution in [0.3, 0.4) is 0 Å². The summed E-state index contributed by atoms with van der Waals surface area (Å²) >= 11 is 0. The van der Waals surface area contributed by atoms with Gasteiger partial charge < -0.3 is 4.57 Å². The van der Waals surface area contributed by atoms with Gasteiger partial charge in [0.05, 0.1) is 11.0 Å². The first-order valence-corrected chi connectivity index (χ1v) is 16.9. The van der Waals surface area contributed by atoms with Gasteiger partial charge in [-0.1, -0.05) is 152 Å². The Bertz CT molecular complexity index is 2800. The molecular weight excluding hydrogens is 591 g/mol. The number of rotatable bonds is 4. The second kappa shape index (κ2) is 11.1. The second-order valence-corrected chi connectivity index (χ2v) is 12.9. The molecule has 10 rings (SSSR count). The molecule has 0 aliphatic carbocycles. The predicted octanol–water partition coefficient (Wildman–Crippen LogP) is 13.2. The average Bonchev–Trinajstić information content (AvgIpc) is 3.51. The number of aromatic nitrogens is 1. The van der Waals surface area contributed by atoms with E-state index >= 15 is 0 Å². The molecule has 1 heteroatoms. The average molecular weight is 622 g/mol. The van der Waals surface area contributed by atoms with Crippen molar-refractivity contribution in [3.63, 3.8) is 0 Å². The Labute approximate surface area is 284 Å². The van der Waals surface area contributed by atoms with Crippen molar-refractivity contribution in [2.75, 3.05) is 0 Å². The fourth-order valence-electron chi connectivity index (χ4n) is 8.01. The molecule has 9 aromatic carbocycles. The summed E-state index contributed by atoms with van der Waals surface area (Å²) in [5.41, 5.74) is 11.1. The van der Waals surface area contributed by atoms with Gasteiger partial charge in [-0.25, -0.2) is 0 Å². The molecule has 228 valence electrons. The highest BCUT2D eigenvalue weighted by Crippen LogP contribution is 2.46. The summed E-state index contributed by atoms with van der Waals surface area (Å²) in [6, 6.07) is 68.7. The fraction of sp³-hybridized carbons (Fsp3) is 0. The molecule has 0 aliphatic rings. The van der Waals surface area contributed by atoms with E-state index in [-0.39, 0.29) is 0 Å². The van der Waals surface area contributed by atoms with Crippen LogP contribution in [-0.2, 0) is 0 Å². The summed E-state index contributed by atoms with van der Waals surface area (Å²) in [5, 5.41) is 10.1. The molecule has 10 aromatic rings. The quantitative estimate of drug-likeness (QED) is 0.172. The SMILES string of the molecule is c1ccc(-c2c3ccccc3c(-c3cccc4ccc(-c5ccc6c(c5)c5ccccc5n6-c5ccccc5)cc34)c3ccccc23)cc1. The first-order chi connectivity index (χ1) is 24.3. The summed E-state index contributed by atoms with van der Waals surface area (Å²) in [4.78, 5) is 0. The number of nitrogens with zero attached hydrogens (tertiary/aromatic N) is 1. The van der Waals surface area contributed by atoms with Crippen LogP contribution in [0.1, 0.15) is 0 Å². The molecule has 0 spiro atoms. The summed E-state index contributed by atoms with van der Waals surface area (Å²) < 4.78 is 2.38. The van der Waals surface area contributed by atoms with Crippen LogP contribution >= 0.6 is 0 Å². The van der Waals surface area contributed by atoms with Crippen LogP contribution in [0.5, 0.6) is 0 Å². The van der Waals surface area contributed by atoms with Gasteiger partial charge in [-0.05, 0) is 102 Å². The lowest BCUT2D eigenvalue weighted by molar-refractivity contribution is 1.18. The second-order valence-electron chi connectivity index (χ2n) is 12.9. The molecule has 0 radical (unpaired) electrons. The third-order valence-corrected chi connectivity index (χ3v) is 10.2. The monoisotopic (exact) mass is 621 g/mol. The summed E-state index contributed by atoms with van der Waals surface area (Å²) in [7, 11) is 0. The number of fused-ring (bicyclic) bond motifs is 6. The van der Waals surface area contributed by atoms with Crippen molar-refractivity contribution >= 4 is 54.1 Å². The van der Waals surface area contributed by atoms with E-state index in [0.29, 0.717) is 0 Å². The third-order valence-electron chi connectivity index (χ3n) is 10.2. The summed E-state index contributed by atoms with van der Waals surface area (Å²) in [6.45, 7) is 0. The van der Waals surface area contributed by atoms with Crippen LogP contribution in [0.25, 0.3) is 93.2 Å². The highest BCUT2D eigenvalue weighted by atomic mass is 15.0. The molecule has 1 nitrogen and oxygen atoms in total. The minimum absolute atomic E-state index is 1.18. The maximum atomic E-state index is 2.40. The molecule has 0 atom stereocenters. The molecule has 49 heavy (non-hydrogen) atoms. The lowest BCUT2D eigenvalue weighted by atomic mass is 9.84. The molecule has 0 unspecified atom stereocenters. The standard InChI is InChI=1S/C48H31N/c1-3-14-33(15-4-1)47-38-20-7-9-22-40(38)48(41-23-10-8-21-39(41)47)42-24-13-16-32-26-27-34(30-43(32)42)35-28-29-46-44(31-35)37-19-11-12-25-45(37)49(46)36-17-5-2-6-18-36/h1-31H. The smallest absolute Gasteiger partial charge is 0.0541 e. The highest BCUT2D eigenvalue weighted by molar-refractivity contribution is 6.23. The van der Waals surface area contributed by atoms with Gasteiger partial charge in [0.25, 0.3) is 0 Å². The molecule has 0 saturated carbocycles. The number of benzene rings is 9. The van der Waals surface area contributed by atoms with Crippen LogP contribution in [-0.4, -0.2) is 4.57 Å². The van der Waals surface area contributed by atoms with E-state index in [1.807, 2.05) is 0 Å². The van der Waals surface area contributed by atoms with Crippen molar-refractivity contribution in [3.05, 3.63) is 188 Å². The normalized spacial score (nSPS) is 11.7. The van der Waals surface area contributed by atoms with E-state index in [0.717, 1.165) is 0 Å². The van der Waals surface area contributed by atoms with Crippen LogP contribution < -0.4 is 0 Å². The Morgan fingerprint density at radius 1 is 0.286 bits per heavy atom. The van der Waals surface area contributed by atoms with Crippen molar-refractivity contribution in [3.8, 4) is 39.1 Å². The van der Waals surface area contributed by atoms with Gasteiger partial charge in [0.15, 0.2) is 0 Å².